The third kappa shape index (κ3) is 2.87. The van der Waals surface area contributed by atoms with Gasteiger partial charge in [-0.05, 0) is 55.3 Å². The zero-order valence-electron chi connectivity index (χ0n) is 14.0. The van der Waals surface area contributed by atoms with Crippen molar-refractivity contribution < 1.29 is 4.52 Å². The molecule has 1 saturated carbocycles. The largest absolute Gasteiger partial charge is 0.356 e. The molecule has 0 amide bonds. The van der Waals surface area contributed by atoms with Crippen molar-refractivity contribution in [3.8, 4) is 22.5 Å². The number of benzene rings is 2. The van der Waals surface area contributed by atoms with Crippen molar-refractivity contribution >= 4 is 0 Å². The van der Waals surface area contributed by atoms with Crippen LogP contribution in [0.3, 0.4) is 0 Å². The molecule has 24 heavy (non-hydrogen) atoms. The van der Waals surface area contributed by atoms with Crippen molar-refractivity contribution in [3.63, 3.8) is 0 Å². The first-order valence-corrected chi connectivity index (χ1v) is 8.62. The fraction of sp³-hybridized carbons (Fsp3) is 0.286. The Morgan fingerprint density at radius 1 is 0.958 bits per heavy atom. The molecule has 1 heterocycles. The maximum absolute atomic E-state index is 5.70. The van der Waals surface area contributed by atoms with Crippen molar-refractivity contribution in [3.05, 3.63) is 65.4 Å². The van der Waals surface area contributed by atoms with Gasteiger partial charge in [-0.3, -0.25) is 0 Å². The third-order valence-corrected chi connectivity index (χ3v) is 4.82. The Morgan fingerprint density at radius 3 is 2.12 bits per heavy atom. The van der Waals surface area contributed by atoms with Crippen LogP contribution in [0, 0.1) is 6.92 Å². The van der Waals surface area contributed by atoms with Crippen LogP contribution in [-0.4, -0.2) is 11.7 Å². The molecule has 0 atom stereocenters. The molecule has 0 spiro atoms. The van der Waals surface area contributed by atoms with Gasteiger partial charge in [0.2, 0.25) is 0 Å². The first-order valence-electron chi connectivity index (χ1n) is 8.62. The first kappa shape index (κ1) is 15.2. The monoisotopic (exact) mass is 318 g/mol. The van der Waals surface area contributed by atoms with Gasteiger partial charge in [-0.2, -0.15) is 0 Å². The second-order valence-corrected chi connectivity index (χ2v) is 6.59. The van der Waals surface area contributed by atoms with Crippen molar-refractivity contribution in [1.82, 2.24) is 5.16 Å². The molecule has 3 aromatic rings. The molecular formula is C21H22N2O. The SMILES string of the molecule is Cc1noc(-c2ccc(-c3ccc(C4CC4)cc3)cc2)c1CCN. The fourth-order valence-corrected chi connectivity index (χ4v) is 3.23. The summed E-state index contributed by atoms with van der Waals surface area (Å²) in [5.41, 5.74) is 12.7. The maximum atomic E-state index is 5.70. The van der Waals surface area contributed by atoms with Crippen LogP contribution in [0.1, 0.15) is 35.6 Å². The number of aryl methyl sites for hydroxylation is 1. The van der Waals surface area contributed by atoms with E-state index in [1.165, 1.54) is 29.5 Å². The smallest absolute Gasteiger partial charge is 0.170 e. The summed E-state index contributed by atoms with van der Waals surface area (Å²) >= 11 is 0. The van der Waals surface area contributed by atoms with Gasteiger partial charge in [-0.1, -0.05) is 53.7 Å². The van der Waals surface area contributed by atoms with Gasteiger partial charge in [-0.25, -0.2) is 0 Å². The molecular weight excluding hydrogens is 296 g/mol. The summed E-state index contributed by atoms with van der Waals surface area (Å²) in [5.74, 6) is 1.64. The van der Waals surface area contributed by atoms with Crippen molar-refractivity contribution in [2.24, 2.45) is 5.73 Å². The second-order valence-electron chi connectivity index (χ2n) is 6.59. The minimum absolute atomic E-state index is 0.598. The molecule has 2 N–H and O–H groups in total. The standard InChI is InChI=1S/C21H22N2O/c1-14-20(12-13-22)21(24-23-14)19-10-8-18(9-11-19)17-6-4-16(5-7-17)15-2-3-15/h4-11,15H,2-3,12-13,22H2,1H3. The Bertz CT molecular complexity index is 827. The van der Waals surface area contributed by atoms with E-state index < -0.39 is 0 Å². The predicted molar refractivity (Wildman–Crippen MR) is 96.8 cm³/mol. The van der Waals surface area contributed by atoms with Gasteiger partial charge in [0.05, 0.1) is 5.69 Å². The van der Waals surface area contributed by atoms with Gasteiger partial charge in [-0.15, -0.1) is 0 Å². The van der Waals surface area contributed by atoms with Gasteiger partial charge in [0.15, 0.2) is 5.76 Å². The first-order chi connectivity index (χ1) is 11.8. The fourth-order valence-electron chi connectivity index (χ4n) is 3.23. The molecule has 1 fully saturated rings. The van der Waals surface area contributed by atoms with Crippen LogP contribution in [0.2, 0.25) is 0 Å². The predicted octanol–water partition coefficient (Wildman–Crippen LogP) is 4.70. The van der Waals surface area contributed by atoms with E-state index in [2.05, 4.69) is 53.7 Å². The lowest BCUT2D eigenvalue weighted by Crippen LogP contribution is -2.04. The minimum atomic E-state index is 0.598. The summed E-state index contributed by atoms with van der Waals surface area (Å²) in [5, 5.41) is 4.09. The summed E-state index contributed by atoms with van der Waals surface area (Å²) in [7, 11) is 0. The Hall–Kier alpha value is -2.39. The molecule has 1 aromatic heterocycles. The number of hydrogen-bond donors (Lipinski definition) is 1. The molecule has 3 heteroatoms. The van der Waals surface area contributed by atoms with Gasteiger partial charge in [0.25, 0.3) is 0 Å². The molecule has 0 aliphatic heterocycles. The Balaban J connectivity index is 1.60. The molecule has 1 aliphatic rings. The van der Waals surface area contributed by atoms with E-state index in [1.807, 2.05) is 6.92 Å². The third-order valence-electron chi connectivity index (χ3n) is 4.82. The quantitative estimate of drug-likeness (QED) is 0.742. The molecule has 3 nitrogen and oxygen atoms in total. The van der Waals surface area contributed by atoms with Gasteiger partial charge in [0, 0.05) is 11.1 Å². The van der Waals surface area contributed by atoms with E-state index in [4.69, 9.17) is 10.3 Å². The number of aromatic nitrogens is 1. The molecule has 0 saturated heterocycles. The normalized spacial score (nSPS) is 14.1. The summed E-state index contributed by atoms with van der Waals surface area (Å²) in [6, 6.07) is 17.5. The highest BCUT2D eigenvalue weighted by Crippen LogP contribution is 2.40. The summed E-state index contributed by atoms with van der Waals surface area (Å²) in [4.78, 5) is 0. The van der Waals surface area contributed by atoms with Gasteiger partial charge in [0.1, 0.15) is 0 Å². The lowest BCUT2D eigenvalue weighted by atomic mass is 9.99. The molecule has 2 aromatic carbocycles. The van der Waals surface area contributed by atoms with E-state index in [0.29, 0.717) is 6.54 Å². The van der Waals surface area contributed by atoms with Crippen LogP contribution in [-0.2, 0) is 6.42 Å². The van der Waals surface area contributed by atoms with E-state index >= 15 is 0 Å². The minimum Gasteiger partial charge on any atom is -0.356 e. The van der Waals surface area contributed by atoms with Crippen molar-refractivity contribution in [1.29, 1.82) is 0 Å². The Labute approximate surface area is 142 Å². The van der Waals surface area contributed by atoms with E-state index in [9.17, 15) is 0 Å². The lowest BCUT2D eigenvalue weighted by molar-refractivity contribution is 0.426. The molecule has 0 radical (unpaired) electrons. The summed E-state index contributed by atoms with van der Waals surface area (Å²) < 4.78 is 5.52. The highest BCUT2D eigenvalue weighted by Gasteiger charge is 2.23. The van der Waals surface area contributed by atoms with Crippen LogP contribution < -0.4 is 5.73 Å². The van der Waals surface area contributed by atoms with E-state index in [-0.39, 0.29) is 0 Å². The van der Waals surface area contributed by atoms with E-state index in [0.717, 1.165) is 34.9 Å². The highest BCUT2D eigenvalue weighted by atomic mass is 16.5. The maximum Gasteiger partial charge on any atom is 0.170 e. The Kier molecular flexibility index (Phi) is 3.95. The van der Waals surface area contributed by atoms with Crippen LogP contribution in [0.4, 0.5) is 0 Å². The number of nitrogens with zero attached hydrogens (tertiary/aromatic N) is 1. The van der Waals surface area contributed by atoms with Crippen molar-refractivity contribution in [2.75, 3.05) is 6.54 Å². The lowest BCUT2D eigenvalue weighted by Gasteiger charge is -2.06. The van der Waals surface area contributed by atoms with Crippen LogP contribution in [0.25, 0.3) is 22.5 Å². The molecule has 4 rings (SSSR count). The zero-order chi connectivity index (χ0) is 16.5. The molecule has 0 bridgehead atoms. The molecule has 1 aliphatic carbocycles. The average molecular weight is 318 g/mol. The summed E-state index contributed by atoms with van der Waals surface area (Å²) in [6.07, 6.45) is 3.47. The molecule has 0 unspecified atom stereocenters. The number of hydrogen-bond acceptors (Lipinski definition) is 3. The van der Waals surface area contributed by atoms with Gasteiger partial charge < -0.3 is 10.3 Å². The Morgan fingerprint density at radius 2 is 1.54 bits per heavy atom. The topological polar surface area (TPSA) is 52.0 Å². The van der Waals surface area contributed by atoms with Gasteiger partial charge >= 0.3 is 0 Å². The second kappa shape index (κ2) is 6.25. The van der Waals surface area contributed by atoms with Crippen LogP contribution >= 0.6 is 0 Å². The van der Waals surface area contributed by atoms with Crippen molar-refractivity contribution in [2.45, 2.75) is 32.1 Å². The number of nitrogens with two attached hydrogens (primary N) is 1. The number of rotatable bonds is 5. The summed E-state index contributed by atoms with van der Waals surface area (Å²) in [6.45, 7) is 2.56. The van der Waals surface area contributed by atoms with Crippen LogP contribution in [0.5, 0.6) is 0 Å². The zero-order valence-corrected chi connectivity index (χ0v) is 14.0. The van der Waals surface area contributed by atoms with Crippen LogP contribution in [0.15, 0.2) is 53.1 Å². The molecule has 122 valence electrons. The van der Waals surface area contributed by atoms with E-state index in [1.54, 1.807) is 0 Å². The average Bonchev–Trinajstić information content (AvgIpc) is 3.41. The highest BCUT2D eigenvalue weighted by molar-refractivity contribution is 5.70.